The molecule has 0 spiro atoms. The molecule has 2 amide bonds. The maximum absolute atomic E-state index is 12.8. The zero-order chi connectivity index (χ0) is 23.4. The summed E-state index contributed by atoms with van der Waals surface area (Å²) in [5.41, 5.74) is 5.00. The highest BCUT2D eigenvalue weighted by molar-refractivity contribution is 8.06. The lowest BCUT2D eigenvalue weighted by Crippen LogP contribution is -2.71. The van der Waals surface area contributed by atoms with Gasteiger partial charge in [0.15, 0.2) is 10.8 Å². The molecule has 5 N–H and O–H groups in total. The van der Waals surface area contributed by atoms with Gasteiger partial charge in [0.1, 0.15) is 22.8 Å². The van der Waals surface area contributed by atoms with Crippen LogP contribution in [0.15, 0.2) is 21.1 Å². The number of nitriles is 1. The molecular weight excluding hydrogens is 484 g/mol. The third-order valence-electron chi connectivity index (χ3n) is 4.06. The summed E-state index contributed by atoms with van der Waals surface area (Å²) in [4.78, 5) is 57.8. The fourth-order valence-corrected chi connectivity index (χ4v) is 5.62. The van der Waals surface area contributed by atoms with Gasteiger partial charge in [-0.25, -0.2) is 14.6 Å². The average molecular weight is 499 g/mol. The van der Waals surface area contributed by atoms with E-state index in [0.29, 0.717) is 4.91 Å². The smallest absolute Gasteiger partial charge is 0.353 e. The van der Waals surface area contributed by atoms with E-state index in [2.05, 4.69) is 20.3 Å². The van der Waals surface area contributed by atoms with Crippen LogP contribution in [0.4, 0.5) is 5.13 Å². The number of thioether (sulfide) groups is 2. The average Bonchev–Trinajstić information content (AvgIpc) is 3.17. The third-order valence-corrected chi connectivity index (χ3v) is 7.15. The number of aromatic nitrogens is 1. The number of nitrogens with zero attached hydrogens (tertiary/aromatic N) is 4. The maximum atomic E-state index is 12.8. The summed E-state index contributed by atoms with van der Waals surface area (Å²) in [6.45, 7) is -0.805. The summed E-state index contributed by atoms with van der Waals surface area (Å²) in [7, 11) is 0. The number of fused-ring (bicyclic) bond motifs is 1. The van der Waals surface area contributed by atoms with Crippen molar-refractivity contribution < 1.29 is 34.2 Å². The van der Waals surface area contributed by atoms with E-state index >= 15 is 0 Å². The largest absolute Gasteiger partial charge is 0.479 e. The minimum absolute atomic E-state index is 0.0247. The van der Waals surface area contributed by atoms with Crippen molar-refractivity contribution in [3.05, 3.63) is 21.7 Å². The Morgan fingerprint density at radius 2 is 2.22 bits per heavy atom. The molecule has 13 nitrogen and oxygen atoms in total. The highest BCUT2D eigenvalue weighted by Gasteiger charge is 2.54. The first-order chi connectivity index (χ1) is 15.2. The van der Waals surface area contributed by atoms with Crippen LogP contribution in [0, 0.1) is 11.3 Å². The van der Waals surface area contributed by atoms with Crippen molar-refractivity contribution in [1.29, 1.82) is 5.26 Å². The summed E-state index contributed by atoms with van der Waals surface area (Å²) in [5.74, 6) is -3.85. The minimum atomic E-state index is -1.31. The number of aliphatic carboxylic acids is 2. The zero-order valence-corrected chi connectivity index (χ0v) is 18.3. The van der Waals surface area contributed by atoms with Crippen molar-refractivity contribution in [3.8, 4) is 6.07 Å². The Morgan fingerprint density at radius 1 is 1.47 bits per heavy atom. The number of carbonyl (C=O) groups excluding carboxylic acids is 2. The molecule has 32 heavy (non-hydrogen) atoms. The van der Waals surface area contributed by atoms with Gasteiger partial charge in [0, 0.05) is 16.0 Å². The maximum Gasteiger partial charge on any atom is 0.353 e. The van der Waals surface area contributed by atoms with Crippen LogP contribution < -0.4 is 11.1 Å². The van der Waals surface area contributed by atoms with E-state index in [-0.39, 0.29) is 33.7 Å². The van der Waals surface area contributed by atoms with Gasteiger partial charge in [-0.3, -0.25) is 14.5 Å². The predicted molar refractivity (Wildman–Crippen MR) is 114 cm³/mol. The van der Waals surface area contributed by atoms with Gasteiger partial charge >= 0.3 is 11.9 Å². The van der Waals surface area contributed by atoms with Crippen LogP contribution in [0.25, 0.3) is 0 Å². The minimum Gasteiger partial charge on any atom is -0.479 e. The molecule has 2 aliphatic heterocycles. The molecule has 0 unspecified atom stereocenters. The molecule has 1 fully saturated rings. The lowest BCUT2D eigenvalue weighted by molar-refractivity contribution is -0.150. The predicted octanol–water partition coefficient (Wildman–Crippen LogP) is -0.517. The molecule has 0 aliphatic carbocycles. The quantitative estimate of drug-likeness (QED) is 0.193. The number of nitrogens with one attached hydrogen (secondary N) is 1. The van der Waals surface area contributed by atoms with Gasteiger partial charge in [-0.2, -0.15) is 5.26 Å². The van der Waals surface area contributed by atoms with Gasteiger partial charge < -0.3 is 26.1 Å². The first-order valence-corrected chi connectivity index (χ1v) is 11.5. The Labute approximate surface area is 192 Å². The van der Waals surface area contributed by atoms with E-state index in [4.69, 9.17) is 16.1 Å². The fraction of sp³-hybridized carbons (Fsp3) is 0.312. The Hall–Kier alpha value is -3.29. The van der Waals surface area contributed by atoms with Crippen LogP contribution in [-0.2, 0) is 24.0 Å². The molecule has 1 aromatic heterocycles. The van der Waals surface area contributed by atoms with Gasteiger partial charge in [0.2, 0.25) is 6.61 Å². The second-order valence-corrected chi connectivity index (χ2v) is 9.13. The van der Waals surface area contributed by atoms with Gasteiger partial charge in [-0.1, -0.05) is 5.16 Å². The highest BCUT2D eigenvalue weighted by atomic mass is 32.2. The molecule has 168 valence electrons. The molecule has 16 heteroatoms. The Bertz CT molecular complexity index is 1080. The number of carboxylic acid groups (broad SMARTS) is 2. The number of nitrogens with two attached hydrogens (primary N) is 1. The molecule has 3 rings (SSSR count). The van der Waals surface area contributed by atoms with E-state index in [0.717, 1.165) is 28.0 Å². The topological polar surface area (TPSA) is 208 Å². The van der Waals surface area contributed by atoms with E-state index in [1.807, 2.05) is 6.07 Å². The van der Waals surface area contributed by atoms with Crippen LogP contribution in [0.1, 0.15) is 5.69 Å². The number of rotatable bonds is 9. The van der Waals surface area contributed by atoms with Crippen molar-refractivity contribution in [2.24, 2.45) is 5.16 Å². The zero-order valence-electron chi connectivity index (χ0n) is 15.9. The molecule has 1 saturated heterocycles. The van der Waals surface area contributed by atoms with Crippen LogP contribution in [-0.4, -0.2) is 79.1 Å². The monoisotopic (exact) mass is 498 g/mol. The highest BCUT2D eigenvalue weighted by Crippen LogP contribution is 2.43. The number of hydrogen-bond donors (Lipinski definition) is 4. The third kappa shape index (κ3) is 4.79. The number of carboxylic acids is 2. The first-order valence-electron chi connectivity index (χ1n) is 8.59. The van der Waals surface area contributed by atoms with Crippen molar-refractivity contribution in [1.82, 2.24) is 15.2 Å². The molecule has 2 aliphatic rings. The lowest BCUT2D eigenvalue weighted by atomic mass is 10.0. The summed E-state index contributed by atoms with van der Waals surface area (Å²) in [6.07, 6.45) is 0. The molecule has 3 heterocycles. The Balaban J connectivity index is 1.78. The van der Waals surface area contributed by atoms with Crippen LogP contribution in [0.2, 0.25) is 0 Å². The number of hydrogen-bond acceptors (Lipinski definition) is 12. The van der Waals surface area contributed by atoms with Gasteiger partial charge in [-0.15, -0.1) is 34.9 Å². The molecule has 0 bridgehead atoms. The number of nitrogen functional groups attached to an aromatic ring is 1. The second-order valence-electron chi connectivity index (χ2n) is 6.06. The number of amides is 2. The number of oxime groups is 1. The summed E-state index contributed by atoms with van der Waals surface area (Å²) in [6, 6.07) is 0.858. The fourth-order valence-electron chi connectivity index (χ4n) is 2.78. The normalized spacial score (nSPS) is 20.2. The van der Waals surface area contributed by atoms with Gasteiger partial charge in [0.25, 0.3) is 11.8 Å². The number of β-lactam (4-membered cyclic amide) rings is 1. The van der Waals surface area contributed by atoms with Crippen molar-refractivity contribution in [3.63, 3.8) is 0 Å². The van der Waals surface area contributed by atoms with Gasteiger partial charge in [-0.05, 0) is 0 Å². The van der Waals surface area contributed by atoms with Crippen molar-refractivity contribution >= 4 is 69.5 Å². The summed E-state index contributed by atoms with van der Waals surface area (Å²) < 4.78 is 0. The first kappa shape index (κ1) is 23.4. The standard InChI is InChI=1S/C16H14N6O7S3/c17-1-2-30-7-5-31-14-10(13(26)22(14)11(7)15(27)28)20-12(25)9(21-29-3-8(23)24)6-4-32-16(18)19-6/h4,10,14H,2-3,5H2,(H2,18,19)(H,20,25)(H,23,24)(H,27,28)/b21-9+/t10-,14-/m1/s1. The lowest BCUT2D eigenvalue weighted by Gasteiger charge is -2.49. The van der Waals surface area contributed by atoms with E-state index in [1.54, 1.807) is 0 Å². The SMILES string of the molecule is N#CCSC1=C(C(=O)O)N2C(=O)[C@@H](NC(=O)/C(=N/OCC(=O)O)c3csc(N)n3)[C@H]2SC1. The molecule has 1 aromatic rings. The van der Waals surface area contributed by atoms with Crippen LogP contribution in [0.3, 0.4) is 0 Å². The molecule has 0 saturated carbocycles. The van der Waals surface area contributed by atoms with Crippen molar-refractivity contribution in [2.45, 2.75) is 11.4 Å². The second kappa shape index (κ2) is 9.89. The van der Waals surface area contributed by atoms with Crippen LogP contribution in [0.5, 0.6) is 0 Å². The molecule has 2 atom stereocenters. The van der Waals surface area contributed by atoms with E-state index < -0.39 is 41.8 Å². The number of anilines is 1. The Morgan fingerprint density at radius 3 is 2.81 bits per heavy atom. The van der Waals surface area contributed by atoms with Crippen LogP contribution >= 0.6 is 34.9 Å². The van der Waals surface area contributed by atoms with E-state index in [9.17, 15) is 24.3 Å². The molecule has 0 radical (unpaired) electrons. The molecule has 0 aromatic carbocycles. The van der Waals surface area contributed by atoms with Gasteiger partial charge in [0.05, 0.1) is 11.8 Å². The Kier molecular flexibility index (Phi) is 7.22. The number of carbonyl (C=O) groups is 4. The summed E-state index contributed by atoms with van der Waals surface area (Å²) >= 11 is 3.29. The molecular formula is C16H14N6O7S3. The number of thiazole rings is 1. The summed E-state index contributed by atoms with van der Waals surface area (Å²) in [5, 5.41) is 33.8. The van der Waals surface area contributed by atoms with Crippen molar-refractivity contribution in [2.75, 3.05) is 23.8 Å². The van der Waals surface area contributed by atoms with E-state index in [1.165, 1.54) is 17.1 Å².